The van der Waals surface area contributed by atoms with Crippen molar-refractivity contribution < 1.29 is 61.3 Å². The average molecular weight is 815 g/mol. The van der Waals surface area contributed by atoms with Crippen LogP contribution >= 0.6 is 0 Å². The van der Waals surface area contributed by atoms with Gasteiger partial charge in [-0.3, -0.25) is 0 Å². The third-order valence-electron chi connectivity index (χ3n) is 12.5. The number of carboxylic acid groups (broad SMARTS) is 1. The molecule has 0 aromatic rings. The fraction of sp³-hybridized carbons (Fsp3) is 0.981. The minimum absolute atomic E-state index is 0. The Morgan fingerprint density at radius 2 is 0.446 bits per heavy atom. The van der Waals surface area contributed by atoms with Gasteiger partial charge in [0.15, 0.2) is 0 Å². The van der Waals surface area contributed by atoms with E-state index in [4.69, 9.17) is 0 Å². The Bertz CT molecular complexity index is 656. The van der Waals surface area contributed by atoms with E-state index in [2.05, 4.69) is 18.7 Å². The van der Waals surface area contributed by atoms with Crippen LogP contribution < -0.4 is 56.5 Å². The van der Waals surface area contributed by atoms with Crippen molar-refractivity contribution >= 4 is 5.97 Å². The molecular weight excluding hydrogens is 710 g/mol. The summed E-state index contributed by atoms with van der Waals surface area (Å²) in [6, 6.07) is 0. The Hall–Kier alpha value is 1.07. The van der Waals surface area contributed by atoms with E-state index in [0.717, 1.165) is 25.8 Å². The summed E-state index contributed by atoms with van der Waals surface area (Å²) < 4.78 is 0. The topological polar surface area (TPSA) is 43.4 Å². The molecule has 0 bridgehead atoms. The van der Waals surface area contributed by atoms with Gasteiger partial charge in [0.05, 0.1) is 0 Å². The Morgan fingerprint density at radius 1 is 0.286 bits per heavy atom. The molecular formula is C52H104KNO2. The van der Waals surface area contributed by atoms with Crippen molar-refractivity contribution in [3.63, 3.8) is 0 Å². The van der Waals surface area contributed by atoms with E-state index in [0.29, 0.717) is 0 Å². The molecule has 56 heavy (non-hydrogen) atoms. The second-order valence-corrected chi connectivity index (χ2v) is 18.2. The van der Waals surface area contributed by atoms with Crippen LogP contribution in [0.4, 0.5) is 0 Å². The monoisotopic (exact) mass is 814 g/mol. The van der Waals surface area contributed by atoms with Crippen molar-refractivity contribution in [3.8, 4) is 0 Å². The molecule has 0 aliphatic heterocycles. The maximum Gasteiger partial charge on any atom is 1.00 e. The first-order valence-corrected chi connectivity index (χ1v) is 26.1. The van der Waals surface area contributed by atoms with Crippen LogP contribution in [0.1, 0.15) is 309 Å². The number of unbranched alkanes of at least 4 members (excludes halogenated alkanes) is 42. The van der Waals surface area contributed by atoms with Gasteiger partial charge in [0, 0.05) is 5.97 Å². The molecule has 4 heteroatoms. The van der Waals surface area contributed by atoms with Crippen molar-refractivity contribution in [3.05, 3.63) is 0 Å². The van der Waals surface area contributed by atoms with Crippen LogP contribution in [0.5, 0.6) is 0 Å². The molecule has 0 rings (SSSR count). The summed E-state index contributed by atoms with van der Waals surface area (Å²) in [5.74, 6) is -0.893. The van der Waals surface area contributed by atoms with E-state index in [1.807, 2.05) is 0 Å². The zero-order valence-electron chi connectivity index (χ0n) is 39.4. The maximum atomic E-state index is 10.8. The normalized spacial score (nSPS) is 11.5. The van der Waals surface area contributed by atoms with E-state index in [-0.39, 0.29) is 57.8 Å². The minimum atomic E-state index is -0.893. The van der Waals surface area contributed by atoms with Gasteiger partial charge in [-0.1, -0.05) is 277 Å². The smallest absolute Gasteiger partial charge is 0.550 e. The second kappa shape index (κ2) is 54.1. The molecule has 0 aliphatic rings. The summed E-state index contributed by atoms with van der Waals surface area (Å²) in [5.41, 5.74) is 0. The number of carbonyl (C=O) groups is 1. The van der Waals surface area contributed by atoms with Crippen LogP contribution in [0.2, 0.25) is 0 Å². The SMILES string of the molecule is CCCCCCCCCCCCCCCCCCCCCCCN(CCCCCCCCCCCCCCCCCCCCCCC)CCCCCC(=O)[O-].[K+]. The van der Waals surface area contributed by atoms with Crippen LogP contribution in [0, 0.1) is 0 Å². The number of carbonyl (C=O) groups excluding carboxylic acids is 1. The predicted octanol–water partition coefficient (Wildman–Crippen LogP) is 14.0. The molecule has 0 saturated heterocycles. The molecule has 0 N–H and O–H groups in total. The molecule has 0 heterocycles. The van der Waals surface area contributed by atoms with Crippen LogP contribution in [-0.4, -0.2) is 30.5 Å². The van der Waals surface area contributed by atoms with Gasteiger partial charge in [-0.15, -0.1) is 0 Å². The van der Waals surface area contributed by atoms with Gasteiger partial charge in [-0.25, -0.2) is 0 Å². The minimum Gasteiger partial charge on any atom is -0.550 e. The summed E-state index contributed by atoms with van der Waals surface area (Å²) in [7, 11) is 0. The molecule has 0 unspecified atom stereocenters. The second-order valence-electron chi connectivity index (χ2n) is 18.2. The van der Waals surface area contributed by atoms with E-state index in [9.17, 15) is 9.90 Å². The molecule has 3 nitrogen and oxygen atoms in total. The average Bonchev–Trinajstić information content (AvgIpc) is 3.18. The Kier molecular flexibility index (Phi) is 57.1. The third kappa shape index (κ3) is 53.1. The summed E-state index contributed by atoms with van der Waals surface area (Å²) in [4.78, 5) is 13.5. The van der Waals surface area contributed by atoms with Crippen molar-refractivity contribution in [2.24, 2.45) is 0 Å². The van der Waals surface area contributed by atoms with Crippen LogP contribution in [0.25, 0.3) is 0 Å². The van der Waals surface area contributed by atoms with Crippen LogP contribution in [-0.2, 0) is 4.79 Å². The van der Waals surface area contributed by atoms with E-state index in [1.165, 1.54) is 283 Å². The first-order chi connectivity index (χ1) is 27.2. The third-order valence-corrected chi connectivity index (χ3v) is 12.5. The molecule has 0 aromatic carbocycles. The van der Waals surface area contributed by atoms with Gasteiger partial charge in [-0.05, 0) is 51.7 Å². The predicted molar refractivity (Wildman–Crippen MR) is 245 cm³/mol. The maximum absolute atomic E-state index is 10.8. The van der Waals surface area contributed by atoms with Gasteiger partial charge in [0.2, 0.25) is 0 Å². The number of hydrogen-bond acceptors (Lipinski definition) is 3. The fourth-order valence-electron chi connectivity index (χ4n) is 8.65. The standard InChI is InChI=1S/C52H105NO2.K/c1-3-5-7-9-11-13-15-17-19-21-23-25-27-29-31-33-35-37-39-41-45-49-53(51-47-43-44-48-52(54)55)50-46-42-40-38-36-34-32-30-28-26-24-22-20-18-16-14-12-10-8-6-4-2;/h3-51H2,1-2H3,(H,54,55);/q;+1/p-1. The van der Waals surface area contributed by atoms with E-state index >= 15 is 0 Å². The van der Waals surface area contributed by atoms with Crippen molar-refractivity contribution in [1.29, 1.82) is 0 Å². The molecule has 0 spiro atoms. The Balaban J connectivity index is 0. The van der Waals surface area contributed by atoms with Gasteiger partial charge >= 0.3 is 51.4 Å². The van der Waals surface area contributed by atoms with Crippen LogP contribution in [0.15, 0.2) is 0 Å². The molecule has 0 aliphatic carbocycles. The fourth-order valence-corrected chi connectivity index (χ4v) is 8.65. The Labute approximate surface area is 397 Å². The largest absolute Gasteiger partial charge is 1.00 e. The van der Waals surface area contributed by atoms with Crippen molar-refractivity contribution in [2.45, 2.75) is 309 Å². The summed E-state index contributed by atoms with van der Waals surface area (Å²) in [6.45, 7) is 8.22. The zero-order chi connectivity index (χ0) is 39.8. The summed E-state index contributed by atoms with van der Waals surface area (Å²) >= 11 is 0. The van der Waals surface area contributed by atoms with Gasteiger partial charge < -0.3 is 14.8 Å². The molecule has 0 radical (unpaired) electrons. The quantitative estimate of drug-likeness (QED) is 0.0454. The number of hydrogen-bond donors (Lipinski definition) is 0. The molecule has 330 valence electrons. The van der Waals surface area contributed by atoms with Crippen molar-refractivity contribution in [2.75, 3.05) is 19.6 Å². The zero-order valence-corrected chi connectivity index (χ0v) is 42.5. The van der Waals surface area contributed by atoms with Gasteiger partial charge in [0.1, 0.15) is 0 Å². The molecule has 0 fully saturated rings. The summed E-state index contributed by atoms with van der Waals surface area (Å²) in [5, 5.41) is 10.8. The molecule has 0 atom stereocenters. The Morgan fingerprint density at radius 3 is 0.625 bits per heavy atom. The first-order valence-electron chi connectivity index (χ1n) is 26.1. The number of aliphatic carboxylic acids is 1. The van der Waals surface area contributed by atoms with Crippen molar-refractivity contribution in [1.82, 2.24) is 4.90 Å². The molecule has 0 aromatic heterocycles. The van der Waals surface area contributed by atoms with Gasteiger partial charge in [-0.2, -0.15) is 0 Å². The number of nitrogens with zero attached hydrogens (tertiary/aromatic N) is 1. The molecule has 0 amide bonds. The number of rotatable bonds is 50. The van der Waals surface area contributed by atoms with E-state index in [1.54, 1.807) is 0 Å². The summed E-state index contributed by atoms with van der Waals surface area (Å²) in [6.07, 6.45) is 63.6. The number of carboxylic acids is 1. The van der Waals surface area contributed by atoms with Crippen LogP contribution in [0.3, 0.4) is 0 Å². The molecule has 0 saturated carbocycles. The van der Waals surface area contributed by atoms with E-state index < -0.39 is 5.97 Å². The van der Waals surface area contributed by atoms with Gasteiger partial charge in [0.25, 0.3) is 0 Å². The first kappa shape index (κ1) is 59.2.